The lowest BCUT2D eigenvalue weighted by Crippen LogP contribution is -2.06. The number of rotatable bonds is 7. The van der Waals surface area contributed by atoms with Crippen molar-refractivity contribution in [2.24, 2.45) is 5.92 Å². The first-order valence-corrected chi connectivity index (χ1v) is 7.98. The van der Waals surface area contributed by atoms with Crippen LogP contribution < -0.4 is 0 Å². The standard InChI is InChI=1S/C14H20Br2/c1-2-3-4-5-13(11-15)10-12-6-8-14(16)9-7-12/h6-9,13H,2-5,10-11H2,1H3. The molecule has 1 rings (SSSR count). The van der Waals surface area contributed by atoms with Crippen LogP contribution >= 0.6 is 31.9 Å². The maximum absolute atomic E-state index is 3.63. The molecule has 90 valence electrons. The van der Waals surface area contributed by atoms with Crippen molar-refractivity contribution in [3.8, 4) is 0 Å². The van der Waals surface area contributed by atoms with Crippen LogP contribution in [0.25, 0.3) is 0 Å². The van der Waals surface area contributed by atoms with E-state index in [4.69, 9.17) is 0 Å². The minimum atomic E-state index is 0.785. The van der Waals surface area contributed by atoms with Gasteiger partial charge in [0.15, 0.2) is 0 Å². The fraction of sp³-hybridized carbons (Fsp3) is 0.571. The third kappa shape index (κ3) is 5.49. The van der Waals surface area contributed by atoms with Gasteiger partial charge in [-0.1, -0.05) is 70.2 Å². The second-order valence-electron chi connectivity index (χ2n) is 4.35. The molecule has 0 spiro atoms. The summed E-state index contributed by atoms with van der Waals surface area (Å²) in [4.78, 5) is 0. The van der Waals surface area contributed by atoms with Gasteiger partial charge in [-0.05, 0) is 36.5 Å². The fourth-order valence-electron chi connectivity index (χ4n) is 1.87. The molecule has 2 heteroatoms. The normalized spacial score (nSPS) is 12.7. The number of hydrogen-bond donors (Lipinski definition) is 0. The molecule has 1 unspecified atom stereocenters. The Bertz CT molecular complexity index is 279. The Balaban J connectivity index is 2.40. The zero-order chi connectivity index (χ0) is 11.8. The average molecular weight is 348 g/mol. The number of benzene rings is 1. The van der Waals surface area contributed by atoms with Gasteiger partial charge >= 0.3 is 0 Å². The van der Waals surface area contributed by atoms with Crippen LogP contribution in [0.2, 0.25) is 0 Å². The SMILES string of the molecule is CCCCCC(CBr)Cc1ccc(Br)cc1. The van der Waals surface area contributed by atoms with Crippen molar-refractivity contribution in [3.05, 3.63) is 34.3 Å². The topological polar surface area (TPSA) is 0 Å². The molecule has 0 radical (unpaired) electrons. The second-order valence-corrected chi connectivity index (χ2v) is 5.91. The molecule has 16 heavy (non-hydrogen) atoms. The third-order valence-electron chi connectivity index (χ3n) is 2.87. The summed E-state index contributed by atoms with van der Waals surface area (Å²) in [6, 6.07) is 8.71. The van der Waals surface area contributed by atoms with Crippen molar-refractivity contribution in [3.63, 3.8) is 0 Å². The van der Waals surface area contributed by atoms with E-state index in [0.717, 1.165) is 15.7 Å². The van der Waals surface area contributed by atoms with Crippen LogP contribution in [-0.2, 0) is 6.42 Å². The minimum Gasteiger partial charge on any atom is -0.0925 e. The van der Waals surface area contributed by atoms with Gasteiger partial charge in [-0.3, -0.25) is 0 Å². The Labute approximate surface area is 116 Å². The molecular weight excluding hydrogens is 328 g/mol. The van der Waals surface area contributed by atoms with Crippen LogP contribution in [0.4, 0.5) is 0 Å². The fourth-order valence-corrected chi connectivity index (χ4v) is 2.69. The summed E-state index contributed by atoms with van der Waals surface area (Å²) in [5.41, 5.74) is 1.45. The molecule has 0 saturated heterocycles. The molecule has 0 nitrogen and oxygen atoms in total. The molecule has 0 aromatic heterocycles. The molecule has 0 aliphatic carbocycles. The quantitative estimate of drug-likeness (QED) is 0.446. The van der Waals surface area contributed by atoms with Crippen molar-refractivity contribution < 1.29 is 0 Å². The maximum Gasteiger partial charge on any atom is 0.0175 e. The first-order chi connectivity index (χ1) is 7.76. The lowest BCUT2D eigenvalue weighted by molar-refractivity contribution is 0.503. The van der Waals surface area contributed by atoms with Gasteiger partial charge in [-0.25, -0.2) is 0 Å². The van der Waals surface area contributed by atoms with E-state index in [0.29, 0.717) is 0 Å². The lowest BCUT2D eigenvalue weighted by Gasteiger charge is -2.13. The Morgan fingerprint density at radius 3 is 2.38 bits per heavy atom. The molecule has 0 aliphatic heterocycles. The molecule has 0 amide bonds. The molecular formula is C14H20Br2. The van der Waals surface area contributed by atoms with Crippen molar-refractivity contribution in [2.45, 2.75) is 39.0 Å². The van der Waals surface area contributed by atoms with Gasteiger partial charge in [0.25, 0.3) is 0 Å². The van der Waals surface area contributed by atoms with E-state index < -0.39 is 0 Å². The lowest BCUT2D eigenvalue weighted by atomic mass is 9.95. The van der Waals surface area contributed by atoms with Crippen molar-refractivity contribution >= 4 is 31.9 Å². The van der Waals surface area contributed by atoms with Crippen LogP contribution in [0.1, 0.15) is 38.2 Å². The van der Waals surface area contributed by atoms with E-state index in [9.17, 15) is 0 Å². The van der Waals surface area contributed by atoms with Gasteiger partial charge in [0.2, 0.25) is 0 Å². The van der Waals surface area contributed by atoms with Crippen LogP contribution in [0.5, 0.6) is 0 Å². The molecule has 1 aromatic carbocycles. The summed E-state index contributed by atoms with van der Waals surface area (Å²) >= 11 is 7.10. The highest BCUT2D eigenvalue weighted by Gasteiger charge is 2.07. The number of unbranched alkanes of at least 4 members (excludes halogenated alkanes) is 2. The zero-order valence-electron chi connectivity index (χ0n) is 9.89. The van der Waals surface area contributed by atoms with Gasteiger partial charge in [-0.2, -0.15) is 0 Å². The second kappa shape index (κ2) is 8.30. The summed E-state index contributed by atoms with van der Waals surface area (Å²) in [5.74, 6) is 0.785. The summed E-state index contributed by atoms with van der Waals surface area (Å²) < 4.78 is 1.16. The van der Waals surface area contributed by atoms with E-state index in [1.54, 1.807) is 0 Å². The smallest absolute Gasteiger partial charge is 0.0175 e. The van der Waals surface area contributed by atoms with Crippen LogP contribution in [0, 0.1) is 5.92 Å². The van der Waals surface area contributed by atoms with E-state index in [1.165, 1.54) is 37.7 Å². The molecule has 0 heterocycles. The van der Waals surface area contributed by atoms with E-state index in [1.807, 2.05) is 0 Å². The summed E-state index contributed by atoms with van der Waals surface area (Å²) in [6.07, 6.45) is 6.58. The molecule has 1 aromatic rings. The van der Waals surface area contributed by atoms with Gasteiger partial charge in [-0.15, -0.1) is 0 Å². The van der Waals surface area contributed by atoms with Crippen molar-refractivity contribution in [1.82, 2.24) is 0 Å². The Kier molecular flexibility index (Phi) is 7.39. The Morgan fingerprint density at radius 1 is 1.12 bits per heavy atom. The van der Waals surface area contributed by atoms with Gasteiger partial charge in [0.05, 0.1) is 0 Å². The first kappa shape index (κ1) is 14.2. The van der Waals surface area contributed by atoms with Crippen LogP contribution in [0.3, 0.4) is 0 Å². The highest BCUT2D eigenvalue weighted by molar-refractivity contribution is 9.10. The monoisotopic (exact) mass is 346 g/mol. The molecule has 0 bridgehead atoms. The third-order valence-corrected chi connectivity index (χ3v) is 4.32. The number of halogens is 2. The van der Waals surface area contributed by atoms with Gasteiger partial charge in [0, 0.05) is 9.80 Å². The predicted octanol–water partition coefficient (Wildman–Crippen LogP) is 5.58. The van der Waals surface area contributed by atoms with E-state index in [-0.39, 0.29) is 0 Å². The van der Waals surface area contributed by atoms with Crippen LogP contribution in [-0.4, -0.2) is 5.33 Å². The highest BCUT2D eigenvalue weighted by Crippen LogP contribution is 2.19. The van der Waals surface area contributed by atoms with E-state index in [2.05, 4.69) is 63.0 Å². The zero-order valence-corrected chi connectivity index (χ0v) is 13.1. The van der Waals surface area contributed by atoms with Crippen LogP contribution in [0.15, 0.2) is 28.7 Å². The van der Waals surface area contributed by atoms with Gasteiger partial charge < -0.3 is 0 Å². The Hall–Kier alpha value is 0.180. The molecule has 1 atom stereocenters. The minimum absolute atomic E-state index is 0.785. The largest absolute Gasteiger partial charge is 0.0925 e. The highest BCUT2D eigenvalue weighted by atomic mass is 79.9. The maximum atomic E-state index is 3.63. The van der Waals surface area contributed by atoms with Crippen molar-refractivity contribution in [2.75, 3.05) is 5.33 Å². The van der Waals surface area contributed by atoms with E-state index >= 15 is 0 Å². The molecule has 0 fully saturated rings. The summed E-state index contributed by atoms with van der Waals surface area (Å²) in [7, 11) is 0. The number of hydrogen-bond acceptors (Lipinski definition) is 0. The summed E-state index contributed by atoms with van der Waals surface area (Å²) in [6.45, 7) is 2.26. The molecule has 0 aliphatic rings. The number of alkyl halides is 1. The van der Waals surface area contributed by atoms with Crippen molar-refractivity contribution in [1.29, 1.82) is 0 Å². The summed E-state index contributed by atoms with van der Waals surface area (Å²) in [5, 5.41) is 1.12. The predicted molar refractivity (Wildman–Crippen MR) is 79.3 cm³/mol. The Morgan fingerprint density at radius 2 is 1.81 bits per heavy atom. The molecule has 0 N–H and O–H groups in total. The first-order valence-electron chi connectivity index (χ1n) is 6.06. The van der Waals surface area contributed by atoms with Gasteiger partial charge in [0.1, 0.15) is 0 Å². The average Bonchev–Trinajstić information content (AvgIpc) is 2.31. The molecule has 0 saturated carbocycles.